The Balaban J connectivity index is 1.80. The number of aromatic nitrogens is 2. The van der Waals surface area contributed by atoms with E-state index in [1.165, 1.54) is 4.90 Å². The van der Waals surface area contributed by atoms with E-state index in [2.05, 4.69) is 15.6 Å². The average Bonchev–Trinajstić information content (AvgIpc) is 3.22. The van der Waals surface area contributed by atoms with Crippen molar-refractivity contribution in [1.82, 2.24) is 9.55 Å². The normalized spacial score (nSPS) is 17.9. The largest absolute Gasteiger partial charge is 0.491 e. The molecule has 2 aliphatic heterocycles. The van der Waals surface area contributed by atoms with E-state index in [1.807, 2.05) is 17.6 Å². The number of hydrogen-bond donors (Lipinski definition) is 2. The van der Waals surface area contributed by atoms with E-state index < -0.39 is 18.8 Å². The van der Waals surface area contributed by atoms with Crippen LogP contribution in [0.2, 0.25) is 0 Å². The summed E-state index contributed by atoms with van der Waals surface area (Å²) in [5, 5.41) is 5.86. The van der Waals surface area contributed by atoms with Gasteiger partial charge in [-0.3, -0.25) is 9.69 Å². The number of imidazole rings is 1. The number of rotatable bonds is 6. The molecule has 0 aliphatic carbocycles. The number of amides is 2. The van der Waals surface area contributed by atoms with E-state index >= 15 is 0 Å². The number of cyclic esters (lactones) is 1. The van der Waals surface area contributed by atoms with Gasteiger partial charge in [-0.05, 0) is 13.0 Å². The Hall–Kier alpha value is -3.30. The lowest BCUT2D eigenvalue weighted by Gasteiger charge is -2.16. The third-order valence-electron chi connectivity index (χ3n) is 4.68. The zero-order chi connectivity index (χ0) is 19.7. The third kappa shape index (κ3) is 3.00. The van der Waals surface area contributed by atoms with Crippen LogP contribution in [0.3, 0.4) is 0 Å². The van der Waals surface area contributed by atoms with Gasteiger partial charge in [-0.15, -0.1) is 0 Å². The summed E-state index contributed by atoms with van der Waals surface area (Å²) in [6.45, 7) is 2.81. The Bertz CT molecular complexity index is 916. The lowest BCUT2D eigenvalue weighted by Crippen LogP contribution is -2.35. The van der Waals surface area contributed by atoms with Crippen molar-refractivity contribution in [3.63, 3.8) is 0 Å². The van der Waals surface area contributed by atoms with Gasteiger partial charge in [0.2, 0.25) is 6.41 Å². The second-order valence-corrected chi connectivity index (χ2v) is 6.41. The molecule has 1 aromatic carbocycles. The number of fused-ring (bicyclic) bond motifs is 3. The monoisotopic (exact) mass is 389 g/mol. The van der Waals surface area contributed by atoms with Crippen LogP contribution in [-0.4, -0.2) is 54.5 Å². The Morgan fingerprint density at radius 3 is 2.96 bits per heavy atom. The third-order valence-corrected chi connectivity index (χ3v) is 4.68. The fraction of sp³-hybridized carbons (Fsp3) is 0.389. The van der Waals surface area contributed by atoms with E-state index in [1.54, 1.807) is 12.3 Å². The number of alkyl halides is 1. The summed E-state index contributed by atoms with van der Waals surface area (Å²) in [6, 6.07) is 2.89. The summed E-state index contributed by atoms with van der Waals surface area (Å²) in [7, 11) is 0. The number of nitrogens with zero attached hydrogens (tertiary/aromatic N) is 3. The maximum atomic E-state index is 13.3. The van der Waals surface area contributed by atoms with Crippen molar-refractivity contribution in [2.45, 2.75) is 19.5 Å². The molecule has 3 heterocycles. The zero-order valence-electron chi connectivity index (χ0n) is 15.3. The van der Waals surface area contributed by atoms with Crippen molar-refractivity contribution in [3.8, 4) is 17.1 Å². The van der Waals surface area contributed by atoms with Crippen LogP contribution < -0.4 is 20.3 Å². The van der Waals surface area contributed by atoms with Crippen molar-refractivity contribution >= 4 is 29.7 Å². The molecule has 1 saturated heterocycles. The molecule has 148 valence electrons. The lowest BCUT2D eigenvalue weighted by atomic mass is 10.1. The molecule has 0 bridgehead atoms. The van der Waals surface area contributed by atoms with Crippen molar-refractivity contribution in [3.05, 3.63) is 18.3 Å². The minimum atomic E-state index is -0.715. The molecule has 1 aromatic heterocycles. The van der Waals surface area contributed by atoms with Crippen LogP contribution in [0, 0.1) is 0 Å². The van der Waals surface area contributed by atoms with Crippen molar-refractivity contribution in [2.75, 3.05) is 42.0 Å². The van der Waals surface area contributed by atoms with Crippen LogP contribution in [0.15, 0.2) is 18.3 Å². The van der Waals surface area contributed by atoms with Gasteiger partial charge >= 0.3 is 6.09 Å². The Morgan fingerprint density at radius 2 is 2.21 bits per heavy atom. The smallest absolute Gasteiger partial charge is 0.416 e. The van der Waals surface area contributed by atoms with Crippen molar-refractivity contribution in [1.29, 1.82) is 0 Å². The molecule has 1 atom stereocenters. The fourth-order valence-corrected chi connectivity index (χ4v) is 3.41. The number of carbonyl (C=O) groups excluding carboxylic acids is 2. The maximum Gasteiger partial charge on any atom is 0.416 e. The Morgan fingerprint density at radius 1 is 1.36 bits per heavy atom. The van der Waals surface area contributed by atoms with E-state index in [0.29, 0.717) is 54.7 Å². The topological polar surface area (TPSA) is 97.7 Å². The van der Waals surface area contributed by atoms with Gasteiger partial charge in [0.05, 0.1) is 23.5 Å². The van der Waals surface area contributed by atoms with Gasteiger partial charge in [0, 0.05) is 18.8 Å². The van der Waals surface area contributed by atoms with Gasteiger partial charge < -0.3 is 24.7 Å². The predicted molar refractivity (Wildman–Crippen MR) is 101 cm³/mol. The molecule has 0 unspecified atom stereocenters. The minimum Gasteiger partial charge on any atom is -0.491 e. The van der Waals surface area contributed by atoms with Crippen LogP contribution in [-0.2, 0) is 16.1 Å². The van der Waals surface area contributed by atoms with Crippen LogP contribution in [0.4, 0.5) is 26.4 Å². The highest BCUT2D eigenvalue weighted by Gasteiger charge is 2.36. The first kappa shape index (κ1) is 18.1. The first-order chi connectivity index (χ1) is 13.7. The molecule has 4 rings (SSSR count). The summed E-state index contributed by atoms with van der Waals surface area (Å²) in [5.41, 5.74) is 1.98. The SMILES string of the molecule is CCNc1cc2c(cc1NC=O)-c1nc(N3C(=O)OC[C@H]3CF)cn1CCO2. The number of halogens is 1. The minimum absolute atomic E-state index is 0.00330. The highest BCUT2D eigenvalue weighted by molar-refractivity contribution is 5.90. The molecule has 9 nitrogen and oxygen atoms in total. The van der Waals surface area contributed by atoms with Gasteiger partial charge in [-0.2, -0.15) is 0 Å². The van der Waals surface area contributed by atoms with E-state index in [0.717, 1.165) is 5.69 Å². The van der Waals surface area contributed by atoms with Crippen molar-refractivity contribution in [2.24, 2.45) is 0 Å². The van der Waals surface area contributed by atoms with Crippen LogP contribution >= 0.6 is 0 Å². The second-order valence-electron chi connectivity index (χ2n) is 6.41. The first-order valence-electron chi connectivity index (χ1n) is 9.00. The van der Waals surface area contributed by atoms with E-state index in [4.69, 9.17) is 9.47 Å². The number of carbonyl (C=O) groups is 2. The maximum absolute atomic E-state index is 13.3. The highest BCUT2D eigenvalue weighted by Crippen LogP contribution is 2.40. The number of anilines is 3. The number of ether oxygens (including phenoxy) is 2. The molecule has 2 aromatic rings. The summed E-state index contributed by atoms with van der Waals surface area (Å²) in [6.07, 6.45) is 1.68. The molecule has 10 heteroatoms. The molecule has 28 heavy (non-hydrogen) atoms. The summed E-state index contributed by atoms with van der Waals surface area (Å²) in [4.78, 5) is 28.8. The van der Waals surface area contributed by atoms with E-state index in [-0.39, 0.29) is 6.61 Å². The lowest BCUT2D eigenvalue weighted by molar-refractivity contribution is -0.105. The number of benzene rings is 1. The van der Waals surface area contributed by atoms with Gasteiger partial charge in [0.15, 0.2) is 5.82 Å². The van der Waals surface area contributed by atoms with Gasteiger partial charge in [0.25, 0.3) is 0 Å². The van der Waals surface area contributed by atoms with Crippen molar-refractivity contribution < 1.29 is 23.5 Å². The molecule has 0 radical (unpaired) electrons. The molecule has 1 fully saturated rings. The molecule has 0 spiro atoms. The van der Waals surface area contributed by atoms with Crippen LogP contribution in [0.5, 0.6) is 5.75 Å². The molecule has 2 amide bonds. The Labute approximate surface area is 160 Å². The Kier molecular flexibility index (Phi) is 4.76. The number of nitrogens with one attached hydrogen (secondary N) is 2. The quantitative estimate of drug-likeness (QED) is 0.736. The van der Waals surface area contributed by atoms with Gasteiger partial charge in [0.1, 0.15) is 37.5 Å². The summed E-state index contributed by atoms with van der Waals surface area (Å²) >= 11 is 0. The van der Waals surface area contributed by atoms with Gasteiger partial charge in [-0.1, -0.05) is 0 Å². The highest BCUT2D eigenvalue weighted by atomic mass is 19.1. The van der Waals surface area contributed by atoms with Crippen LogP contribution in [0.1, 0.15) is 6.92 Å². The average molecular weight is 389 g/mol. The summed E-state index contributed by atoms with van der Waals surface area (Å²) < 4.78 is 25.9. The molecule has 2 N–H and O–H groups in total. The molecule has 2 aliphatic rings. The molecular formula is C18H20FN5O4. The standard InChI is InChI=1S/C18H20FN5O4/c1-2-20-14-6-15-12(5-13(14)21-10-25)17-22-16(8-23(17)3-4-27-15)24-11(7-19)9-28-18(24)26/h5-6,8,10-11,20H,2-4,7,9H2,1H3,(H,21,25)/t11-/m1/s1. The number of hydrogen-bond acceptors (Lipinski definition) is 6. The van der Waals surface area contributed by atoms with Gasteiger partial charge in [-0.25, -0.2) is 14.2 Å². The zero-order valence-corrected chi connectivity index (χ0v) is 15.3. The second kappa shape index (κ2) is 7.37. The predicted octanol–water partition coefficient (Wildman–Crippen LogP) is 2.24. The first-order valence-corrected chi connectivity index (χ1v) is 9.00. The molecule has 0 saturated carbocycles. The molecular weight excluding hydrogens is 369 g/mol. The van der Waals surface area contributed by atoms with Crippen LogP contribution in [0.25, 0.3) is 11.4 Å². The fourth-order valence-electron chi connectivity index (χ4n) is 3.41. The summed E-state index contributed by atoms with van der Waals surface area (Å²) in [5.74, 6) is 1.50. The van der Waals surface area contributed by atoms with E-state index in [9.17, 15) is 14.0 Å².